The van der Waals surface area contributed by atoms with Crippen molar-refractivity contribution in [3.63, 3.8) is 0 Å². The number of nitrogens with zero attached hydrogens (tertiary/aromatic N) is 3. The number of H-pyrrole nitrogens is 1. The number of benzene rings is 2. The van der Waals surface area contributed by atoms with E-state index in [4.69, 9.17) is 4.98 Å². The first-order chi connectivity index (χ1) is 16.1. The van der Waals surface area contributed by atoms with Gasteiger partial charge in [0.05, 0.1) is 11.4 Å². The van der Waals surface area contributed by atoms with Crippen molar-refractivity contribution in [2.75, 3.05) is 25.0 Å². The molecule has 6 nitrogen and oxygen atoms in total. The molecule has 0 saturated carbocycles. The van der Waals surface area contributed by atoms with Crippen LogP contribution in [0.2, 0.25) is 0 Å². The van der Waals surface area contributed by atoms with E-state index in [0.717, 1.165) is 41.6 Å². The van der Waals surface area contributed by atoms with Crippen LogP contribution >= 0.6 is 11.3 Å². The molecule has 0 aliphatic carbocycles. The fourth-order valence-corrected chi connectivity index (χ4v) is 5.41. The Morgan fingerprint density at radius 3 is 2.64 bits per heavy atom. The van der Waals surface area contributed by atoms with Gasteiger partial charge in [-0.15, -0.1) is 11.3 Å². The maximum absolute atomic E-state index is 13.2. The maximum atomic E-state index is 13.2. The number of fused-ring (bicyclic) bond motifs is 1. The lowest BCUT2D eigenvalue weighted by atomic mass is 9.96. The molecular formula is C26H26N4O2S. The van der Waals surface area contributed by atoms with Crippen LogP contribution in [0.5, 0.6) is 0 Å². The molecule has 0 unspecified atom stereocenters. The van der Waals surface area contributed by atoms with Crippen molar-refractivity contribution in [2.24, 2.45) is 5.92 Å². The number of aromatic nitrogens is 2. The molecule has 0 bridgehead atoms. The van der Waals surface area contributed by atoms with Gasteiger partial charge in [-0.25, -0.2) is 4.98 Å². The molecule has 2 aromatic heterocycles. The number of piperidine rings is 1. The van der Waals surface area contributed by atoms with Gasteiger partial charge in [-0.05, 0) is 24.0 Å². The number of carbonyl (C=O) groups excluding carboxylic acids is 1. The highest BCUT2D eigenvalue weighted by molar-refractivity contribution is 7.17. The van der Waals surface area contributed by atoms with Gasteiger partial charge in [0.15, 0.2) is 0 Å². The van der Waals surface area contributed by atoms with Crippen LogP contribution in [-0.4, -0.2) is 40.9 Å². The van der Waals surface area contributed by atoms with E-state index in [1.165, 1.54) is 11.3 Å². The maximum Gasteiger partial charge on any atom is 0.270 e. The van der Waals surface area contributed by atoms with E-state index >= 15 is 0 Å². The largest absolute Gasteiger partial charge is 0.342 e. The van der Waals surface area contributed by atoms with Gasteiger partial charge in [0.25, 0.3) is 5.56 Å². The summed E-state index contributed by atoms with van der Waals surface area (Å²) in [4.78, 5) is 37.7. The Morgan fingerprint density at radius 2 is 1.88 bits per heavy atom. The zero-order valence-corrected chi connectivity index (χ0v) is 19.3. The second-order valence-electron chi connectivity index (χ2n) is 8.55. The molecule has 1 amide bonds. The van der Waals surface area contributed by atoms with Gasteiger partial charge in [0.1, 0.15) is 4.70 Å². The van der Waals surface area contributed by atoms with Crippen molar-refractivity contribution < 1.29 is 4.79 Å². The minimum atomic E-state index is -0.128. The number of thiophene rings is 1. The number of carbonyl (C=O) groups is 1. The standard InChI is InChI=1S/C26H26N4O2S/c1-29(15-18-9-4-2-5-10-18)25(32)20-13-8-14-30(16-20)26-27-22-21(19-11-6-3-7-12-19)17-33-23(22)24(31)28-26/h2-7,9-12,17,20H,8,13-16H2,1H3,(H,27,28,31)/t20-/m1/s1. The van der Waals surface area contributed by atoms with Gasteiger partial charge in [-0.1, -0.05) is 60.7 Å². The highest BCUT2D eigenvalue weighted by Gasteiger charge is 2.29. The van der Waals surface area contributed by atoms with Crippen LogP contribution in [0.25, 0.3) is 21.3 Å². The third-order valence-electron chi connectivity index (χ3n) is 6.21. The molecule has 1 atom stereocenters. The molecule has 0 radical (unpaired) electrons. The first kappa shape index (κ1) is 21.4. The molecule has 168 valence electrons. The quantitative estimate of drug-likeness (QED) is 0.477. The molecule has 1 N–H and O–H groups in total. The second kappa shape index (κ2) is 9.19. The number of amides is 1. The SMILES string of the molecule is CN(Cc1ccccc1)C(=O)[C@@H]1CCCN(c2nc3c(-c4ccccc4)csc3c(=O)[nH]2)C1. The molecule has 1 aliphatic heterocycles. The molecular weight excluding hydrogens is 432 g/mol. The second-order valence-corrected chi connectivity index (χ2v) is 9.43. The number of hydrogen-bond acceptors (Lipinski definition) is 5. The summed E-state index contributed by atoms with van der Waals surface area (Å²) >= 11 is 1.42. The number of nitrogens with one attached hydrogen (secondary N) is 1. The van der Waals surface area contributed by atoms with Crippen LogP contribution in [0.1, 0.15) is 18.4 Å². The summed E-state index contributed by atoms with van der Waals surface area (Å²) in [7, 11) is 1.86. The summed E-state index contributed by atoms with van der Waals surface area (Å²) in [6, 6.07) is 20.0. The third kappa shape index (κ3) is 4.41. The van der Waals surface area contributed by atoms with E-state index in [0.29, 0.717) is 23.7 Å². The summed E-state index contributed by atoms with van der Waals surface area (Å²) in [6.45, 7) is 1.91. The average Bonchev–Trinajstić information content (AvgIpc) is 3.29. The van der Waals surface area contributed by atoms with Gasteiger partial charge in [-0.2, -0.15) is 0 Å². The van der Waals surface area contributed by atoms with Crippen LogP contribution in [0, 0.1) is 5.92 Å². The van der Waals surface area contributed by atoms with Gasteiger partial charge in [0.2, 0.25) is 11.9 Å². The first-order valence-corrected chi connectivity index (χ1v) is 12.1. The van der Waals surface area contributed by atoms with E-state index < -0.39 is 0 Å². The van der Waals surface area contributed by atoms with Crippen LogP contribution < -0.4 is 10.5 Å². The van der Waals surface area contributed by atoms with Crippen molar-refractivity contribution in [3.05, 3.63) is 82.0 Å². The smallest absolute Gasteiger partial charge is 0.270 e. The first-order valence-electron chi connectivity index (χ1n) is 11.2. The van der Waals surface area contributed by atoms with Crippen LogP contribution in [0.3, 0.4) is 0 Å². The lowest BCUT2D eigenvalue weighted by Gasteiger charge is -2.34. The van der Waals surface area contributed by atoms with Crippen molar-refractivity contribution in [3.8, 4) is 11.1 Å². The third-order valence-corrected chi connectivity index (χ3v) is 7.18. The summed E-state index contributed by atoms with van der Waals surface area (Å²) < 4.78 is 0.629. The molecule has 33 heavy (non-hydrogen) atoms. The molecule has 5 rings (SSSR count). The van der Waals surface area contributed by atoms with E-state index in [9.17, 15) is 9.59 Å². The molecule has 1 fully saturated rings. The van der Waals surface area contributed by atoms with Gasteiger partial charge >= 0.3 is 0 Å². The summed E-state index contributed by atoms with van der Waals surface area (Å²) in [5.74, 6) is 0.559. The fraction of sp³-hybridized carbons (Fsp3) is 0.269. The topological polar surface area (TPSA) is 69.3 Å². The Kier molecular flexibility index (Phi) is 5.96. The minimum absolute atomic E-state index is 0.121. The van der Waals surface area contributed by atoms with E-state index in [1.807, 2.05) is 73.1 Å². The number of aromatic amines is 1. The summed E-state index contributed by atoms with van der Waals surface area (Å²) in [5.41, 5.74) is 3.72. The Morgan fingerprint density at radius 1 is 1.15 bits per heavy atom. The van der Waals surface area contributed by atoms with Crippen molar-refractivity contribution in [1.82, 2.24) is 14.9 Å². The number of anilines is 1. The van der Waals surface area contributed by atoms with Crippen LogP contribution in [-0.2, 0) is 11.3 Å². The molecule has 2 aromatic carbocycles. The highest BCUT2D eigenvalue weighted by Crippen LogP contribution is 2.32. The lowest BCUT2D eigenvalue weighted by Crippen LogP contribution is -2.44. The van der Waals surface area contributed by atoms with Crippen molar-refractivity contribution in [1.29, 1.82) is 0 Å². The fourth-order valence-electron chi connectivity index (χ4n) is 4.51. The van der Waals surface area contributed by atoms with E-state index in [1.54, 1.807) is 4.90 Å². The molecule has 7 heteroatoms. The zero-order valence-electron chi connectivity index (χ0n) is 18.5. The van der Waals surface area contributed by atoms with Crippen LogP contribution in [0.15, 0.2) is 70.8 Å². The minimum Gasteiger partial charge on any atom is -0.342 e. The average molecular weight is 459 g/mol. The predicted octanol–water partition coefficient (Wildman–Crippen LogP) is 4.53. The van der Waals surface area contributed by atoms with Gasteiger partial charge < -0.3 is 9.80 Å². The zero-order chi connectivity index (χ0) is 22.8. The van der Waals surface area contributed by atoms with E-state index in [2.05, 4.69) is 9.88 Å². The summed E-state index contributed by atoms with van der Waals surface area (Å²) in [6.07, 6.45) is 1.72. The van der Waals surface area contributed by atoms with Gasteiger partial charge in [0, 0.05) is 37.6 Å². The molecule has 4 aromatic rings. The predicted molar refractivity (Wildman–Crippen MR) is 134 cm³/mol. The summed E-state index contributed by atoms with van der Waals surface area (Å²) in [5, 5.41) is 1.99. The molecule has 1 aliphatic rings. The normalized spacial score (nSPS) is 16.2. The van der Waals surface area contributed by atoms with Crippen LogP contribution in [0.4, 0.5) is 5.95 Å². The van der Waals surface area contributed by atoms with Crippen molar-refractivity contribution >= 4 is 33.4 Å². The Balaban J connectivity index is 1.38. The Labute approximate surface area is 196 Å². The lowest BCUT2D eigenvalue weighted by molar-refractivity contribution is -0.135. The molecule has 3 heterocycles. The highest BCUT2D eigenvalue weighted by atomic mass is 32.1. The van der Waals surface area contributed by atoms with E-state index in [-0.39, 0.29) is 17.4 Å². The van der Waals surface area contributed by atoms with Crippen molar-refractivity contribution in [2.45, 2.75) is 19.4 Å². The Bertz CT molecular complexity index is 1320. The number of rotatable bonds is 5. The molecule has 1 saturated heterocycles. The molecule has 0 spiro atoms. The monoisotopic (exact) mass is 458 g/mol. The Hall–Kier alpha value is -3.45. The van der Waals surface area contributed by atoms with Gasteiger partial charge in [-0.3, -0.25) is 14.6 Å². The number of hydrogen-bond donors (Lipinski definition) is 1.